The molecule has 0 bridgehead atoms. The Morgan fingerprint density at radius 3 is 2.43 bits per heavy atom. The summed E-state index contributed by atoms with van der Waals surface area (Å²) in [7, 11) is 0. The molecule has 104 valence electrons. The Kier molecular flexibility index (Phi) is 3.48. The first-order valence-corrected chi connectivity index (χ1v) is 7.12. The lowest BCUT2D eigenvalue weighted by molar-refractivity contribution is 0.101. The number of nitrogens with zero attached hydrogens (tertiary/aromatic N) is 1. The summed E-state index contributed by atoms with van der Waals surface area (Å²) in [6.07, 6.45) is 0. The van der Waals surface area contributed by atoms with Crippen molar-refractivity contribution < 1.29 is 4.79 Å². The van der Waals surface area contributed by atoms with Crippen LogP contribution in [-0.4, -0.2) is 10.8 Å². The molecule has 0 N–H and O–H groups in total. The van der Waals surface area contributed by atoms with Crippen LogP contribution in [0.3, 0.4) is 0 Å². The fraction of sp³-hybridized carbons (Fsp3) is 0.111. The molecule has 2 aromatic carbocycles. The molecule has 0 fully saturated rings. The van der Waals surface area contributed by atoms with E-state index in [1.807, 2.05) is 55.5 Å². The van der Waals surface area contributed by atoms with E-state index in [0.29, 0.717) is 16.3 Å². The normalized spacial score (nSPS) is 10.8. The second-order valence-electron chi connectivity index (χ2n) is 5.01. The minimum atomic E-state index is 0.0146. The fourth-order valence-electron chi connectivity index (χ4n) is 2.71. The van der Waals surface area contributed by atoms with E-state index in [-0.39, 0.29) is 5.78 Å². The number of carbonyl (C=O) groups is 1. The van der Waals surface area contributed by atoms with Crippen molar-refractivity contribution in [3.05, 3.63) is 64.8 Å². The number of para-hydroxylation sites is 1. The number of aromatic nitrogens is 1. The van der Waals surface area contributed by atoms with Crippen LogP contribution in [0.5, 0.6) is 0 Å². The Hall–Kier alpha value is -2.19. The number of hydrogen-bond donors (Lipinski definition) is 0. The van der Waals surface area contributed by atoms with Gasteiger partial charge in [0, 0.05) is 22.2 Å². The van der Waals surface area contributed by atoms with Crippen LogP contribution in [0.2, 0.25) is 5.02 Å². The standard InChI is InChI=1S/C18H14ClNO/c1-11-16(12(2)21)17(13-7-4-3-5-8-13)14-9-6-10-15(19)18(14)20-11/h3-10H,1-2H3. The predicted octanol–water partition coefficient (Wildman–Crippen LogP) is 5.07. The number of carbonyl (C=O) groups excluding carboxylic acids is 1. The number of halogens is 1. The first kappa shape index (κ1) is 13.8. The molecule has 3 heteroatoms. The molecule has 0 spiro atoms. The zero-order chi connectivity index (χ0) is 15.0. The lowest BCUT2D eigenvalue weighted by Crippen LogP contribution is -2.03. The van der Waals surface area contributed by atoms with Gasteiger partial charge < -0.3 is 0 Å². The van der Waals surface area contributed by atoms with Gasteiger partial charge in [-0.3, -0.25) is 9.78 Å². The van der Waals surface area contributed by atoms with Gasteiger partial charge in [0.25, 0.3) is 0 Å². The molecule has 0 atom stereocenters. The first-order chi connectivity index (χ1) is 10.1. The molecule has 0 saturated heterocycles. The SMILES string of the molecule is CC(=O)c1c(C)nc2c(Cl)cccc2c1-c1ccccc1. The van der Waals surface area contributed by atoms with E-state index in [1.54, 1.807) is 6.92 Å². The number of fused-ring (bicyclic) bond motifs is 1. The van der Waals surface area contributed by atoms with Crippen LogP contribution in [0, 0.1) is 6.92 Å². The van der Waals surface area contributed by atoms with Gasteiger partial charge in [-0.05, 0) is 25.5 Å². The van der Waals surface area contributed by atoms with E-state index < -0.39 is 0 Å². The van der Waals surface area contributed by atoms with Crippen molar-refractivity contribution in [3.8, 4) is 11.1 Å². The number of benzene rings is 2. The lowest BCUT2D eigenvalue weighted by Gasteiger charge is -2.14. The highest BCUT2D eigenvalue weighted by atomic mass is 35.5. The molecule has 0 radical (unpaired) electrons. The lowest BCUT2D eigenvalue weighted by atomic mass is 9.92. The molecule has 0 saturated carbocycles. The van der Waals surface area contributed by atoms with Crippen molar-refractivity contribution in [1.82, 2.24) is 4.98 Å². The highest BCUT2D eigenvalue weighted by molar-refractivity contribution is 6.35. The summed E-state index contributed by atoms with van der Waals surface area (Å²) in [5.41, 5.74) is 4.02. The van der Waals surface area contributed by atoms with Crippen LogP contribution >= 0.6 is 11.6 Å². The van der Waals surface area contributed by atoms with Gasteiger partial charge in [0.2, 0.25) is 0 Å². The average Bonchev–Trinajstić information content (AvgIpc) is 2.47. The molecule has 1 aromatic heterocycles. The van der Waals surface area contributed by atoms with Gasteiger partial charge in [0.05, 0.1) is 10.5 Å². The van der Waals surface area contributed by atoms with Gasteiger partial charge in [-0.15, -0.1) is 0 Å². The number of rotatable bonds is 2. The van der Waals surface area contributed by atoms with E-state index in [4.69, 9.17) is 11.6 Å². The van der Waals surface area contributed by atoms with Gasteiger partial charge in [-0.1, -0.05) is 54.1 Å². The average molecular weight is 296 g/mol. The van der Waals surface area contributed by atoms with Crippen molar-refractivity contribution in [3.63, 3.8) is 0 Å². The molecular weight excluding hydrogens is 282 g/mol. The van der Waals surface area contributed by atoms with Crippen LogP contribution in [0.15, 0.2) is 48.5 Å². The van der Waals surface area contributed by atoms with Gasteiger partial charge in [-0.2, -0.15) is 0 Å². The maximum Gasteiger partial charge on any atom is 0.162 e. The third kappa shape index (κ3) is 2.32. The third-order valence-electron chi connectivity index (χ3n) is 3.56. The van der Waals surface area contributed by atoms with E-state index in [9.17, 15) is 4.79 Å². The summed E-state index contributed by atoms with van der Waals surface area (Å²) in [5.74, 6) is 0.0146. The molecular formula is C18H14ClNO. The minimum absolute atomic E-state index is 0.0146. The molecule has 0 unspecified atom stereocenters. The Bertz CT molecular complexity index is 841. The number of aryl methyl sites for hydroxylation is 1. The number of ketones is 1. The second-order valence-corrected chi connectivity index (χ2v) is 5.41. The van der Waals surface area contributed by atoms with Gasteiger partial charge in [0.1, 0.15) is 0 Å². The van der Waals surface area contributed by atoms with Crippen LogP contribution < -0.4 is 0 Å². The highest BCUT2D eigenvalue weighted by Crippen LogP contribution is 2.35. The van der Waals surface area contributed by atoms with Crippen molar-refractivity contribution >= 4 is 28.3 Å². The summed E-state index contributed by atoms with van der Waals surface area (Å²) >= 11 is 6.27. The van der Waals surface area contributed by atoms with E-state index >= 15 is 0 Å². The molecule has 0 aliphatic carbocycles. The zero-order valence-electron chi connectivity index (χ0n) is 11.9. The topological polar surface area (TPSA) is 30.0 Å². The second kappa shape index (κ2) is 5.30. The maximum atomic E-state index is 12.1. The van der Waals surface area contributed by atoms with Gasteiger partial charge in [0.15, 0.2) is 5.78 Å². The largest absolute Gasteiger partial charge is 0.294 e. The Balaban J connectivity index is 2.52. The van der Waals surface area contributed by atoms with Crippen molar-refractivity contribution in [2.24, 2.45) is 0 Å². The van der Waals surface area contributed by atoms with Crippen LogP contribution in [-0.2, 0) is 0 Å². The monoisotopic (exact) mass is 295 g/mol. The minimum Gasteiger partial charge on any atom is -0.294 e. The van der Waals surface area contributed by atoms with Crippen LogP contribution in [0.4, 0.5) is 0 Å². The number of pyridine rings is 1. The predicted molar refractivity (Wildman–Crippen MR) is 86.9 cm³/mol. The third-order valence-corrected chi connectivity index (χ3v) is 3.87. The van der Waals surface area contributed by atoms with Crippen molar-refractivity contribution in [2.75, 3.05) is 0 Å². The molecule has 1 heterocycles. The molecule has 0 aliphatic rings. The zero-order valence-corrected chi connectivity index (χ0v) is 12.6. The Morgan fingerprint density at radius 2 is 1.76 bits per heavy atom. The number of Topliss-reactive ketones (excluding diaryl/α,β-unsaturated/α-hetero) is 1. The summed E-state index contributed by atoms with van der Waals surface area (Å²) in [5, 5.41) is 1.51. The Morgan fingerprint density at radius 1 is 1.05 bits per heavy atom. The summed E-state index contributed by atoms with van der Waals surface area (Å²) in [6.45, 7) is 3.43. The molecule has 3 aromatic rings. The van der Waals surface area contributed by atoms with E-state index in [2.05, 4.69) is 4.98 Å². The molecule has 21 heavy (non-hydrogen) atoms. The van der Waals surface area contributed by atoms with E-state index in [1.165, 1.54) is 0 Å². The Labute approximate surface area is 128 Å². The summed E-state index contributed by atoms with van der Waals surface area (Å²) in [4.78, 5) is 16.6. The fourth-order valence-corrected chi connectivity index (χ4v) is 2.92. The quantitative estimate of drug-likeness (QED) is 0.618. The van der Waals surface area contributed by atoms with Gasteiger partial charge >= 0.3 is 0 Å². The van der Waals surface area contributed by atoms with Crippen LogP contribution in [0.25, 0.3) is 22.0 Å². The summed E-state index contributed by atoms with van der Waals surface area (Å²) in [6, 6.07) is 15.6. The van der Waals surface area contributed by atoms with Crippen molar-refractivity contribution in [2.45, 2.75) is 13.8 Å². The smallest absolute Gasteiger partial charge is 0.162 e. The van der Waals surface area contributed by atoms with E-state index in [0.717, 1.165) is 22.0 Å². The molecule has 2 nitrogen and oxygen atoms in total. The molecule has 0 aliphatic heterocycles. The maximum absolute atomic E-state index is 12.1. The molecule has 3 rings (SSSR count). The van der Waals surface area contributed by atoms with Crippen molar-refractivity contribution in [1.29, 1.82) is 0 Å². The van der Waals surface area contributed by atoms with Gasteiger partial charge in [-0.25, -0.2) is 0 Å². The van der Waals surface area contributed by atoms with Crippen LogP contribution in [0.1, 0.15) is 23.0 Å². The first-order valence-electron chi connectivity index (χ1n) is 6.75. The summed E-state index contributed by atoms with van der Waals surface area (Å²) < 4.78 is 0. The number of hydrogen-bond acceptors (Lipinski definition) is 2. The highest BCUT2D eigenvalue weighted by Gasteiger charge is 2.18. The molecule has 0 amide bonds.